The highest BCUT2D eigenvalue weighted by Gasteiger charge is 2.49. The summed E-state index contributed by atoms with van der Waals surface area (Å²) in [6.45, 7) is 4.66. The lowest BCUT2D eigenvalue weighted by molar-refractivity contribution is -0.133. The molecule has 35 heavy (non-hydrogen) atoms. The Hall–Kier alpha value is -2.78. The van der Waals surface area contributed by atoms with Crippen LogP contribution in [0.1, 0.15) is 43.5 Å². The molecule has 9 nitrogen and oxygen atoms in total. The van der Waals surface area contributed by atoms with Gasteiger partial charge in [-0.25, -0.2) is 4.79 Å². The number of carbonyl (C=O) groups is 2. The third-order valence-corrected chi connectivity index (χ3v) is 7.63. The molecule has 0 unspecified atom stereocenters. The zero-order valence-corrected chi connectivity index (χ0v) is 21.6. The van der Waals surface area contributed by atoms with E-state index in [4.69, 9.17) is 4.74 Å². The molecule has 1 aromatic carbocycles. The van der Waals surface area contributed by atoms with Gasteiger partial charge in [-0.1, -0.05) is 6.92 Å². The second-order valence-corrected chi connectivity index (χ2v) is 10.2. The van der Waals surface area contributed by atoms with Gasteiger partial charge in [0.25, 0.3) is 0 Å². The van der Waals surface area contributed by atoms with Gasteiger partial charge in [-0.2, -0.15) is 0 Å². The highest BCUT2D eigenvalue weighted by atomic mass is 16.5. The summed E-state index contributed by atoms with van der Waals surface area (Å²) in [7, 11) is 7.47. The minimum atomic E-state index is -0.440. The fraction of sp³-hybridized carbons (Fsp3) is 0.615. The van der Waals surface area contributed by atoms with Gasteiger partial charge in [0.1, 0.15) is 5.75 Å². The molecule has 3 heterocycles. The molecule has 1 atom stereocenters. The van der Waals surface area contributed by atoms with E-state index < -0.39 is 6.04 Å². The average Bonchev–Trinajstić information content (AvgIpc) is 3.15. The van der Waals surface area contributed by atoms with Crippen molar-refractivity contribution in [1.29, 1.82) is 0 Å². The van der Waals surface area contributed by atoms with Gasteiger partial charge < -0.3 is 34.4 Å². The molecule has 192 valence electrons. The summed E-state index contributed by atoms with van der Waals surface area (Å²) in [6, 6.07) is 5.50. The third kappa shape index (κ3) is 4.47. The molecule has 9 heteroatoms. The number of aromatic nitrogens is 1. The molecule has 2 aromatic rings. The van der Waals surface area contributed by atoms with Crippen LogP contribution in [-0.2, 0) is 17.3 Å². The molecule has 2 aliphatic heterocycles. The number of hydrogen-bond acceptors (Lipinski definition) is 5. The molecule has 1 spiro atoms. The molecule has 0 aliphatic carbocycles. The van der Waals surface area contributed by atoms with Crippen LogP contribution in [0.15, 0.2) is 18.2 Å². The maximum Gasteiger partial charge on any atom is 0.318 e. The van der Waals surface area contributed by atoms with Crippen LogP contribution in [0.3, 0.4) is 0 Å². The summed E-state index contributed by atoms with van der Waals surface area (Å²) in [4.78, 5) is 31.7. The van der Waals surface area contributed by atoms with Gasteiger partial charge in [-0.3, -0.25) is 4.79 Å². The van der Waals surface area contributed by atoms with Crippen molar-refractivity contribution in [3.63, 3.8) is 0 Å². The number of ether oxygens (including phenoxy) is 1. The Balaban J connectivity index is 1.80. The fourth-order valence-electron chi connectivity index (χ4n) is 5.87. The predicted molar refractivity (Wildman–Crippen MR) is 136 cm³/mol. The lowest BCUT2D eigenvalue weighted by atomic mass is 9.68. The number of likely N-dealkylation sites (N-methyl/N-ethyl adjacent to an activating group) is 1. The largest absolute Gasteiger partial charge is 0.497 e. The molecular formula is C26H39N5O4. The number of nitrogens with zero attached hydrogens (tertiary/aromatic N) is 4. The van der Waals surface area contributed by atoms with E-state index in [1.165, 1.54) is 5.56 Å². The fourth-order valence-corrected chi connectivity index (χ4v) is 5.87. The number of aliphatic hydroxyl groups excluding tert-OH is 1. The van der Waals surface area contributed by atoms with Crippen LogP contribution in [0.2, 0.25) is 0 Å². The van der Waals surface area contributed by atoms with Crippen molar-refractivity contribution in [1.82, 2.24) is 24.6 Å². The molecule has 0 bridgehead atoms. The minimum absolute atomic E-state index is 0.134. The summed E-state index contributed by atoms with van der Waals surface area (Å²) in [5, 5.41) is 14.6. The van der Waals surface area contributed by atoms with Crippen LogP contribution in [0.5, 0.6) is 5.75 Å². The lowest BCUT2D eigenvalue weighted by Gasteiger charge is -2.50. The van der Waals surface area contributed by atoms with Crippen molar-refractivity contribution in [3.8, 4) is 5.75 Å². The molecule has 1 saturated heterocycles. The number of aryl methyl sites for hydroxylation is 1. The highest BCUT2D eigenvalue weighted by molar-refractivity contribution is 5.89. The molecule has 1 fully saturated rings. The van der Waals surface area contributed by atoms with Crippen LogP contribution in [-0.4, -0.2) is 96.8 Å². The minimum Gasteiger partial charge on any atom is -0.497 e. The Morgan fingerprint density at radius 1 is 1.26 bits per heavy atom. The maximum absolute atomic E-state index is 13.3. The Morgan fingerprint density at radius 2 is 1.97 bits per heavy atom. The zero-order valence-electron chi connectivity index (χ0n) is 21.6. The van der Waals surface area contributed by atoms with E-state index >= 15 is 0 Å². The zero-order chi connectivity index (χ0) is 25.3. The first-order valence-corrected chi connectivity index (χ1v) is 12.5. The van der Waals surface area contributed by atoms with Gasteiger partial charge in [-0.15, -0.1) is 0 Å². The number of fused-ring (bicyclic) bond motifs is 4. The SMILES string of the molecule is CCCNC(=O)N1CC2(CCN(C(=O)CN(C)C)CC2)c2c(n(C)c3cc(OC)ccc23)[C@@H]1CO. The first kappa shape index (κ1) is 25.3. The summed E-state index contributed by atoms with van der Waals surface area (Å²) in [6.07, 6.45) is 2.37. The number of aliphatic hydroxyl groups is 1. The lowest BCUT2D eigenvalue weighted by Crippen LogP contribution is -2.58. The standard InChI is InChI=1S/C26H39N5O4/c1-6-11-27-25(34)31-17-26(9-12-30(13-10-26)22(33)15-28(2)3)23-19-8-7-18(35-5)14-20(19)29(4)24(23)21(31)16-32/h7-8,14,21,32H,6,9-13,15-17H2,1-5H3,(H,27,34)/t21-/m0/s1. The average molecular weight is 486 g/mol. The van der Waals surface area contributed by atoms with Gasteiger partial charge in [0.15, 0.2) is 0 Å². The van der Waals surface area contributed by atoms with E-state index in [1.54, 1.807) is 7.11 Å². The number of likely N-dealkylation sites (tertiary alicyclic amines) is 1. The normalized spacial score (nSPS) is 19.3. The van der Waals surface area contributed by atoms with Crippen molar-refractivity contribution in [2.24, 2.45) is 7.05 Å². The van der Waals surface area contributed by atoms with Gasteiger partial charge in [0, 0.05) is 55.8 Å². The predicted octanol–water partition coefficient (Wildman–Crippen LogP) is 2.08. The number of nitrogens with one attached hydrogen (secondary N) is 1. The van der Waals surface area contributed by atoms with Crippen LogP contribution in [0, 0.1) is 0 Å². The van der Waals surface area contributed by atoms with E-state index in [2.05, 4.69) is 16.0 Å². The summed E-state index contributed by atoms with van der Waals surface area (Å²) in [5.41, 5.74) is 2.90. The maximum atomic E-state index is 13.3. The number of amides is 3. The summed E-state index contributed by atoms with van der Waals surface area (Å²) < 4.78 is 7.60. The monoisotopic (exact) mass is 485 g/mol. The van der Waals surface area contributed by atoms with Gasteiger partial charge >= 0.3 is 6.03 Å². The molecule has 0 saturated carbocycles. The van der Waals surface area contributed by atoms with E-state index in [1.807, 2.05) is 54.9 Å². The first-order chi connectivity index (χ1) is 16.8. The number of benzene rings is 1. The molecule has 3 amide bonds. The molecule has 0 radical (unpaired) electrons. The van der Waals surface area contributed by atoms with E-state index in [0.29, 0.717) is 32.7 Å². The van der Waals surface area contributed by atoms with E-state index in [9.17, 15) is 14.7 Å². The first-order valence-electron chi connectivity index (χ1n) is 12.5. The number of rotatable bonds is 6. The second kappa shape index (κ2) is 10.1. The van der Waals surface area contributed by atoms with Crippen molar-refractivity contribution < 1.29 is 19.4 Å². The van der Waals surface area contributed by atoms with E-state index in [-0.39, 0.29) is 24.0 Å². The van der Waals surface area contributed by atoms with Crippen LogP contribution < -0.4 is 10.1 Å². The summed E-state index contributed by atoms with van der Waals surface area (Å²) >= 11 is 0. The van der Waals surface area contributed by atoms with Crippen LogP contribution in [0.25, 0.3) is 10.9 Å². The van der Waals surface area contributed by atoms with Gasteiger partial charge in [-0.05, 0) is 51.1 Å². The number of hydrogen-bond donors (Lipinski definition) is 2. The van der Waals surface area contributed by atoms with Crippen molar-refractivity contribution in [2.45, 2.75) is 37.6 Å². The van der Waals surface area contributed by atoms with Crippen molar-refractivity contribution in [2.75, 3.05) is 60.5 Å². The smallest absolute Gasteiger partial charge is 0.318 e. The molecule has 2 aliphatic rings. The number of urea groups is 1. The highest BCUT2D eigenvalue weighted by Crippen LogP contribution is 2.50. The molecular weight excluding hydrogens is 446 g/mol. The molecule has 4 rings (SSSR count). The van der Waals surface area contributed by atoms with E-state index in [0.717, 1.165) is 41.6 Å². The summed E-state index contributed by atoms with van der Waals surface area (Å²) in [5.74, 6) is 0.904. The Morgan fingerprint density at radius 3 is 2.57 bits per heavy atom. The number of carbonyl (C=O) groups excluding carboxylic acids is 2. The molecule has 2 N–H and O–H groups in total. The second-order valence-electron chi connectivity index (χ2n) is 10.2. The molecule has 1 aromatic heterocycles. The Bertz CT molecular complexity index is 1090. The van der Waals surface area contributed by atoms with Crippen molar-refractivity contribution in [3.05, 3.63) is 29.5 Å². The van der Waals surface area contributed by atoms with Crippen molar-refractivity contribution >= 4 is 22.8 Å². The van der Waals surface area contributed by atoms with Gasteiger partial charge in [0.05, 0.1) is 31.8 Å². The van der Waals surface area contributed by atoms with Crippen LogP contribution in [0.4, 0.5) is 4.79 Å². The third-order valence-electron chi connectivity index (χ3n) is 7.63. The quantitative estimate of drug-likeness (QED) is 0.654. The van der Waals surface area contributed by atoms with Crippen LogP contribution >= 0.6 is 0 Å². The number of methoxy groups -OCH3 is 1. The Labute approximate surface area is 207 Å². The topological polar surface area (TPSA) is 90.3 Å². The number of piperidine rings is 1. The Kier molecular flexibility index (Phi) is 7.28. The van der Waals surface area contributed by atoms with Gasteiger partial charge in [0.2, 0.25) is 5.91 Å².